The van der Waals surface area contributed by atoms with E-state index in [1.165, 1.54) is 6.42 Å². The highest BCUT2D eigenvalue weighted by molar-refractivity contribution is 5.86. The van der Waals surface area contributed by atoms with Crippen LogP contribution in [0.4, 0.5) is 4.79 Å². The van der Waals surface area contributed by atoms with Gasteiger partial charge in [0.1, 0.15) is 5.54 Å². The van der Waals surface area contributed by atoms with Crippen LogP contribution in [0.15, 0.2) is 0 Å². The Kier molecular flexibility index (Phi) is 4.89. The number of aliphatic carboxylic acids is 1. The largest absolute Gasteiger partial charge is 0.480 e. The summed E-state index contributed by atoms with van der Waals surface area (Å²) in [7, 11) is 0. The number of hydrogen-bond donors (Lipinski definition) is 3. The molecule has 0 heterocycles. The minimum Gasteiger partial charge on any atom is -0.480 e. The van der Waals surface area contributed by atoms with Crippen molar-refractivity contribution >= 4 is 12.0 Å². The zero-order valence-corrected chi connectivity index (χ0v) is 12.3. The molecule has 0 radical (unpaired) electrons. The Bertz CT molecular complexity index is 356. The zero-order valence-electron chi connectivity index (χ0n) is 12.3. The molecule has 0 aliphatic heterocycles. The van der Waals surface area contributed by atoms with E-state index < -0.39 is 11.5 Å². The first-order valence-electron chi connectivity index (χ1n) is 7.88. The first-order valence-corrected chi connectivity index (χ1v) is 7.88. The number of hydrogen-bond acceptors (Lipinski definition) is 2. The smallest absolute Gasteiger partial charge is 0.329 e. The maximum absolute atomic E-state index is 12.0. The number of carbonyl (C=O) groups is 2. The molecule has 2 rings (SSSR count). The van der Waals surface area contributed by atoms with Gasteiger partial charge in [0.25, 0.3) is 0 Å². The van der Waals surface area contributed by atoms with Gasteiger partial charge in [-0.1, -0.05) is 26.2 Å². The van der Waals surface area contributed by atoms with Crippen LogP contribution >= 0.6 is 0 Å². The van der Waals surface area contributed by atoms with Crippen molar-refractivity contribution in [3.8, 4) is 0 Å². The number of carbonyl (C=O) groups excluding carboxylic acids is 1. The van der Waals surface area contributed by atoms with Gasteiger partial charge in [0.2, 0.25) is 0 Å². The van der Waals surface area contributed by atoms with E-state index in [9.17, 15) is 14.7 Å². The quantitative estimate of drug-likeness (QED) is 0.741. The number of urea groups is 1. The molecule has 0 atom stereocenters. The average molecular weight is 282 g/mol. The lowest BCUT2D eigenvalue weighted by atomic mass is 9.84. The predicted octanol–water partition coefficient (Wildman–Crippen LogP) is 2.65. The van der Waals surface area contributed by atoms with Crippen molar-refractivity contribution in [1.29, 1.82) is 0 Å². The van der Waals surface area contributed by atoms with Crippen LogP contribution in [0.3, 0.4) is 0 Å². The molecule has 0 saturated heterocycles. The van der Waals surface area contributed by atoms with Crippen molar-refractivity contribution in [2.24, 2.45) is 5.92 Å². The van der Waals surface area contributed by atoms with Gasteiger partial charge in [-0.3, -0.25) is 0 Å². The second kappa shape index (κ2) is 6.46. The van der Waals surface area contributed by atoms with Crippen molar-refractivity contribution < 1.29 is 14.7 Å². The molecule has 114 valence electrons. The molecule has 5 nitrogen and oxygen atoms in total. The summed E-state index contributed by atoms with van der Waals surface area (Å²) in [4.78, 5) is 23.4. The van der Waals surface area contributed by atoms with E-state index in [2.05, 4.69) is 17.6 Å². The summed E-state index contributed by atoms with van der Waals surface area (Å²) in [5.41, 5.74) is -1.04. The highest BCUT2D eigenvalue weighted by Gasteiger charge is 2.42. The van der Waals surface area contributed by atoms with Gasteiger partial charge in [-0.25, -0.2) is 9.59 Å². The molecule has 3 N–H and O–H groups in total. The van der Waals surface area contributed by atoms with Gasteiger partial charge in [0.15, 0.2) is 0 Å². The maximum atomic E-state index is 12.0. The molecule has 2 amide bonds. The van der Waals surface area contributed by atoms with Gasteiger partial charge >= 0.3 is 12.0 Å². The van der Waals surface area contributed by atoms with E-state index in [-0.39, 0.29) is 12.1 Å². The van der Waals surface area contributed by atoms with Crippen molar-refractivity contribution in [3.05, 3.63) is 0 Å². The molecule has 0 aromatic rings. The van der Waals surface area contributed by atoms with Gasteiger partial charge in [-0.15, -0.1) is 0 Å². The van der Waals surface area contributed by atoms with Crippen molar-refractivity contribution in [3.63, 3.8) is 0 Å². The molecule has 0 aromatic heterocycles. The molecule has 0 aromatic carbocycles. The third-order valence-corrected chi connectivity index (χ3v) is 4.98. The summed E-state index contributed by atoms with van der Waals surface area (Å²) in [5.74, 6) is -0.115. The Balaban J connectivity index is 1.82. The second-order valence-electron chi connectivity index (χ2n) is 6.32. The van der Waals surface area contributed by atoms with Crippen LogP contribution in [0.2, 0.25) is 0 Å². The Morgan fingerprint density at radius 3 is 2.25 bits per heavy atom. The van der Waals surface area contributed by atoms with Gasteiger partial charge < -0.3 is 15.7 Å². The summed E-state index contributed by atoms with van der Waals surface area (Å²) < 4.78 is 0. The Morgan fingerprint density at radius 2 is 1.75 bits per heavy atom. The molecule has 2 saturated carbocycles. The average Bonchev–Trinajstić information content (AvgIpc) is 2.89. The predicted molar refractivity (Wildman–Crippen MR) is 76.5 cm³/mol. The van der Waals surface area contributed by atoms with E-state index in [1.54, 1.807) is 0 Å². The summed E-state index contributed by atoms with van der Waals surface area (Å²) in [6, 6.07) is -0.112. The van der Waals surface area contributed by atoms with Gasteiger partial charge in [0.05, 0.1) is 0 Å². The van der Waals surface area contributed by atoms with Crippen molar-refractivity contribution in [1.82, 2.24) is 10.6 Å². The molecule has 0 unspecified atom stereocenters. The van der Waals surface area contributed by atoms with Crippen LogP contribution in [0, 0.1) is 5.92 Å². The highest BCUT2D eigenvalue weighted by Crippen LogP contribution is 2.30. The van der Waals surface area contributed by atoms with Crippen LogP contribution in [-0.2, 0) is 4.79 Å². The molecule has 20 heavy (non-hydrogen) atoms. The Labute approximate surface area is 120 Å². The molecule has 0 bridgehead atoms. The summed E-state index contributed by atoms with van der Waals surface area (Å²) in [6.45, 7) is 2.21. The fourth-order valence-electron chi connectivity index (χ4n) is 3.52. The fourth-order valence-corrected chi connectivity index (χ4v) is 3.52. The first-order chi connectivity index (χ1) is 9.55. The topological polar surface area (TPSA) is 78.4 Å². The third kappa shape index (κ3) is 3.44. The lowest BCUT2D eigenvalue weighted by molar-refractivity contribution is -0.144. The number of rotatable bonds is 4. The minimum atomic E-state index is -1.04. The molecule has 0 spiro atoms. The number of carboxylic acid groups (broad SMARTS) is 1. The summed E-state index contributed by atoms with van der Waals surface area (Å²) in [5, 5.41) is 15.0. The van der Waals surface area contributed by atoms with Crippen molar-refractivity contribution in [2.75, 3.05) is 0 Å². The molecule has 2 aliphatic carbocycles. The lowest BCUT2D eigenvalue weighted by Crippen LogP contribution is -2.57. The van der Waals surface area contributed by atoms with Crippen LogP contribution < -0.4 is 10.6 Å². The maximum Gasteiger partial charge on any atom is 0.329 e. The number of amides is 2. The number of carboxylic acids is 1. The zero-order chi connectivity index (χ0) is 14.6. The van der Waals surface area contributed by atoms with E-state index in [0.717, 1.165) is 44.4 Å². The van der Waals surface area contributed by atoms with E-state index >= 15 is 0 Å². The molecule has 2 fully saturated rings. The van der Waals surface area contributed by atoms with E-state index in [4.69, 9.17) is 0 Å². The highest BCUT2D eigenvalue weighted by atomic mass is 16.4. The van der Waals surface area contributed by atoms with Gasteiger partial charge in [0, 0.05) is 6.04 Å². The third-order valence-electron chi connectivity index (χ3n) is 4.98. The molecular weight excluding hydrogens is 256 g/mol. The van der Waals surface area contributed by atoms with E-state index in [1.807, 2.05) is 0 Å². The monoisotopic (exact) mass is 282 g/mol. The normalized spacial score (nSPS) is 28.9. The Morgan fingerprint density at radius 1 is 1.15 bits per heavy atom. The number of nitrogens with one attached hydrogen (secondary N) is 2. The van der Waals surface area contributed by atoms with Gasteiger partial charge in [-0.05, 0) is 44.4 Å². The van der Waals surface area contributed by atoms with E-state index in [0.29, 0.717) is 12.8 Å². The SMILES string of the molecule is CCC1CCC(NC(=O)NC2(C(=O)O)CCCC2)CC1. The first kappa shape index (κ1) is 15.1. The standard InChI is InChI=1S/C15H26N2O3/c1-2-11-5-7-12(8-6-11)16-14(20)17-15(13(18)19)9-3-4-10-15/h11-12H,2-10H2,1H3,(H,18,19)(H2,16,17,20). The molecule has 5 heteroatoms. The Hall–Kier alpha value is -1.26. The van der Waals surface area contributed by atoms with Crippen LogP contribution in [0.25, 0.3) is 0 Å². The van der Waals surface area contributed by atoms with Gasteiger partial charge in [-0.2, -0.15) is 0 Å². The molecular formula is C15H26N2O3. The van der Waals surface area contributed by atoms with Crippen LogP contribution in [-0.4, -0.2) is 28.7 Å². The van der Waals surface area contributed by atoms with Crippen molar-refractivity contribution in [2.45, 2.75) is 76.3 Å². The van der Waals surface area contributed by atoms with Crippen LogP contribution in [0.5, 0.6) is 0 Å². The second-order valence-corrected chi connectivity index (χ2v) is 6.32. The molecule has 2 aliphatic rings. The summed E-state index contributed by atoms with van der Waals surface area (Å²) >= 11 is 0. The summed E-state index contributed by atoms with van der Waals surface area (Å²) in [6.07, 6.45) is 8.36. The fraction of sp³-hybridized carbons (Fsp3) is 0.867. The lowest BCUT2D eigenvalue weighted by Gasteiger charge is -2.31. The van der Waals surface area contributed by atoms with Crippen LogP contribution in [0.1, 0.15) is 64.7 Å². The minimum absolute atomic E-state index is 0.199.